The van der Waals surface area contributed by atoms with Gasteiger partial charge < -0.3 is 10.6 Å². The van der Waals surface area contributed by atoms with Gasteiger partial charge in [0.15, 0.2) is 5.82 Å². The molecule has 0 bridgehead atoms. The van der Waals surface area contributed by atoms with Crippen molar-refractivity contribution in [2.45, 2.75) is 29.2 Å². The SMILES string of the molecule is Nc1c(Sc2cccc3cccnc23)ncnc1N1CCCCC1. The zero-order valence-corrected chi connectivity index (χ0v) is 14.2. The van der Waals surface area contributed by atoms with Crippen molar-refractivity contribution >= 4 is 34.2 Å². The molecule has 1 aliphatic heterocycles. The maximum atomic E-state index is 6.40. The Bertz CT molecular complexity index is 856. The Morgan fingerprint density at radius 1 is 0.958 bits per heavy atom. The number of fused-ring (bicyclic) bond motifs is 1. The lowest BCUT2D eigenvalue weighted by molar-refractivity contribution is 0.573. The maximum Gasteiger partial charge on any atom is 0.156 e. The van der Waals surface area contributed by atoms with Crippen LogP contribution in [0.25, 0.3) is 10.9 Å². The topological polar surface area (TPSA) is 67.9 Å². The van der Waals surface area contributed by atoms with E-state index in [-0.39, 0.29) is 0 Å². The molecule has 6 heteroatoms. The number of benzene rings is 1. The lowest BCUT2D eigenvalue weighted by Gasteiger charge is -2.28. The molecule has 0 unspecified atom stereocenters. The number of para-hydroxylation sites is 1. The number of piperidine rings is 1. The normalized spacial score (nSPS) is 14.9. The molecule has 3 aromatic rings. The van der Waals surface area contributed by atoms with Crippen molar-refractivity contribution in [2.75, 3.05) is 23.7 Å². The van der Waals surface area contributed by atoms with Gasteiger partial charge in [0.2, 0.25) is 0 Å². The highest BCUT2D eigenvalue weighted by Gasteiger charge is 2.18. The highest BCUT2D eigenvalue weighted by Crippen LogP contribution is 2.37. The van der Waals surface area contributed by atoms with Gasteiger partial charge >= 0.3 is 0 Å². The molecule has 1 saturated heterocycles. The molecule has 24 heavy (non-hydrogen) atoms. The van der Waals surface area contributed by atoms with Crippen molar-refractivity contribution < 1.29 is 0 Å². The van der Waals surface area contributed by atoms with Gasteiger partial charge in [-0.1, -0.05) is 30.0 Å². The van der Waals surface area contributed by atoms with Crippen LogP contribution in [0.3, 0.4) is 0 Å². The second-order valence-corrected chi connectivity index (χ2v) is 6.93. The number of hydrogen-bond acceptors (Lipinski definition) is 6. The summed E-state index contributed by atoms with van der Waals surface area (Å²) in [5, 5.41) is 1.91. The van der Waals surface area contributed by atoms with Crippen molar-refractivity contribution in [3.8, 4) is 0 Å². The van der Waals surface area contributed by atoms with E-state index in [0.717, 1.165) is 39.7 Å². The molecule has 0 aliphatic carbocycles. The minimum Gasteiger partial charge on any atom is -0.394 e. The van der Waals surface area contributed by atoms with Crippen LogP contribution in [0.1, 0.15) is 19.3 Å². The van der Waals surface area contributed by atoms with Gasteiger partial charge in [0.25, 0.3) is 0 Å². The molecule has 0 atom stereocenters. The molecule has 1 fully saturated rings. The first kappa shape index (κ1) is 15.2. The van der Waals surface area contributed by atoms with E-state index in [2.05, 4.69) is 38.1 Å². The van der Waals surface area contributed by atoms with Gasteiger partial charge in [-0.25, -0.2) is 9.97 Å². The van der Waals surface area contributed by atoms with E-state index in [1.807, 2.05) is 18.3 Å². The van der Waals surface area contributed by atoms with Gasteiger partial charge in [-0.3, -0.25) is 4.98 Å². The summed E-state index contributed by atoms with van der Waals surface area (Å²) < 4.78 is 0. The van der Waals surface area contributed by atoms with Crippen LogP contribution in [0.15, 0.2) is 52.8 Å². The third kappa shape index (κ3) is 2.89. The minimum absolute atomic E-state index is 0.664. The van der Waals surface area contributed by atoms with Crippen LogP contribution in [0.4, 0.5) is 11.5 Å². The van der Waals surface area contributed by atoms with Gasteiger partial charge in [-0.15, -0.1) is 0 Å². The van der Waals surface area contributed by atoms with E-state index in [1.54, 1.807) is 18.1 Å². The summed E-state index contributed by atoms with van der Waals surface area (Å²) in [5.41, 5.74) is 8.04. The summed E-state index contributed by atoms with van der Waals surface area (Å²) in [5.74, 6) is 0.861. The molecule has 5 nitrogen and oxygen atoms in total. The smallest absolute Gasteiger partial charge is 0.156 e. The number of nitrogens with two attached hydrogens (primary N) is 1. The molecule has 122 valence electrons. The molecule has 4 rings (SSSR count). The second kappa shape index (κ2) is 6.65. The standard InChI is InChI=1S/C18H19N5S/c19-15-17(23-10-2-1-3-11-23)21-12-22-18(15)24-14-8-4-6-13-7-5-9-20-16(13)14/h4-9,12H,1-3,10-11,19H2. The fourth-order valence-corrected chi connectivity index (χ4v) is 4.00. The number of pyridine rings is 1. The van der Waals surface area contributed by atoms with Crippen LogP contribution in [0.5, 0.6) is 0 Å². The quantitative estimate of drug-likeness (QED) is 0.734. The Morgan fingerprint density at radius 2 is 1.79 bits per heavy atom. The number of aromatic nitrogens is 3. The summed E-state index contributed by atoms with van der Waals surface area (Å²) >= 11 is 1.56. The van der Waals surface area contributed by atoms with Crippen LogP contribution in [-0.2, 0) is 0 Å². The first-order chi connectivity index (χ1) is 11.8. The summed E-state index contributed by atoms with van der Waals surface area (Å²) in [7, 11) is 0. The monoisotopic (exact) mass is 337 g/mol. The van der Waals surface area contributed by atoms with E-state index in [4.69, 9.17) is 5.73 Å². The van der Waals surface area contributed by atoms with Crippen molar-refractivity contribution in [1.29, 1.82) is 0 Å². The molecule has 2 N–H and O–H groups in total. The van der Waals surface area contributed by atoms with Crippen molar-refractivity contribution in [3.63, 3.8) is 0 Å². The zero-order chi connectivity index (χ0) is 16.4. The maximum absolute atomic E-state index is 6.40. The highest BCUT2D eigenvalue weighted by molar-refractivity contribution is 7.99. The Balaban J connectivity index is 1.69. The van der Waals surface area contributed by atoms with E-state index >= 15 is 0 Å². The van der Waals surface area contributed by atoms with Crippen LogP contribution < -0.4 is 10.6 Å². The number of anilines is 2. The molecule has 1 aliphatic rings. The summed E-state index contributed by atoms with van der Waals surface area (Å²) in [6, 6.07) is 10.2. The van der Waals surface area contributed by atoms with Gasteiger partial charge in [-0.05, 0) is 31.4 Å². The Kier molecular flexibility index (Phi) is 4.21. The van der Waals surface area contributed by atoms with Crippen LogP contribution in [0, 0.1) is 0 Å². The molecular weight excluding hydrogens is 318 g/mol. The number of nitrogen functional groups attached to an aromatic ring is 1. The molecule has 3 heterocycles. The lowest BCUT2D eigenvalue weighted by Crippen LogP contribution is -2.31. The third-order valence-electron chi connectivity index (χ3n) is 4.28. The fraction of sp³-hybridized carbons (Fsp3) is 0.278. The van der Waals surface area contributed by atoms with E-state index in [1.165, 1.54) is 19.3 Å². The number of nitrogens with zero attached hydrogens (tertiary/aromatic N) is 4. The minimum atomic E-state index is 0.664. The van der Waals surface area contributed by atoms with Gasteiger partial charge in [0.1, 0.15) is 17.0 Å². The first-order valence-electron chi connectivity index (χ1n) is 8.20. The summed E-state index contributed by atoms with van der Waals surface area (Å²) in [6.45, 7) is 2.03. The Hall–Kier alpha value is -2.34. The predicted molar refractivity (Wildman–Crippen MR) is 98.4 cm³/mol. The molecular formula is C18H19N5S. The van der Waals surface area contributed by atoms with Crippen LogP contribution in [-0.4, -0.2) is 28.0 Å². The van der Waals surface area contributed by atoms with Crippen molar-refractivity contribution in [2.24, 2.45) is 0 Å². The predicted octanol–water partition coefficient (Wildman–Crippen LogP) is 3.75. The fourth-order valence-electron chi connectivity index (χ4n) is 3.07. The molecule has 2 aromatic heterocycles. The lowest BCUT2D eigenvalue weighted by atomic mass is 10.1. The molecule has 1 aromatic carbocycles. The zero-order valence-electron chi connectivity index (χ0n) is 13.4. The largest absolute Gasteiger partial charge is 0.394 e. The van der Waals surface area contributed by atoms with E-state index in [0.29, 0.717) is 5.69 Å². The average Bonchev–Trinajstić information content (AvgIpc) is 2.64. The second-order valence-electron chi connectivity index (χ2n) is 5.90. The molecule has 0 spiro atoms. The molecule has 0 radical (unpaired) electrons. The van der Waals surface area contributed by atoms with Crippen LogP contribution in [0.2, 0.25) is 0 Å². The van der Waals surface area contributed by atoms with Gasteiger partial charge in [-0.2, -0.15) is 0 Å². The average molecular weight is 337 g/mol. The van der Waals surface area contributed by atoms with Crippen molar-refractivity contribution in [3.05, 3.63) is 42.9 Å². The van der Waals surface area contributed by atoms with E-state index < -0.39 is 0 Å². The third-order valence-corrected chi connectivity index (χ3v) is 5.35. The number of rotatable bonds is 3. The van der Waals surface area contributed by atoms with Crippen molar-refractivity contribution in [1.82, 2.24) is 15.0 Å². The Labute approximate surface area is 145 Å². The highest BCUT2D eigenvalue weighted by atomic mass is 32.2. The summed E-state index contributed by atoms with van der Waals surface area (Å²) in [4.78, 5) is 16.7. The van der Waals surface area contributed by atoms with E-state index in [9.17, 15) is 0 Å². The Morgan fingerprint density at radius 3 is 2.67 bits per heavy atom. The molecule has 0 amide bonds. The van der Waals surface area contributed by atoms with Crippen LogP contribution >= 0.6 is 11.8 Å². The number of hydrogen-bond donors (Lipinski definition) is 1. The van der Waals surface area contributed by atoms with Gasteiger partial charge in [0.05, 0.1) is 5.52 Å². The summed E-state index contributed by atoms with van der Waals surface area (Å²) in [6.07, 6.45) is 7.10. The van der Waals surface area contributed by atoms with Gasteiger partial charge in [0, 0.05) is 29.6 Å². The molecule has 0 saturated carbocycles. The first-order valence-corrected chi connectivity index (χ1v) is 9.01.